The summed E-state index contributed by atoms with van der Waals surface area (Å²) in [6.07, 6.45) is 4.39. The van der Waals surface area contributed by atoms with E-state index in [1.165, 1.54) is 12.0 Å². The van der Waals surface area contributed by atoms with Crippen molar-refractivity contribution in [2.45, 2.75) is 39.0 Å². The van der Waals surface area contributed by atoms with Gasteiger partial charge in [-0.25, -0.2) is 9.97 Å². The molecular formula is C21H25N3O. The summed E-state index contributed by atoms with van der Waals surface area (Å²) >= 11 is 0. The van der Waals surface area contributed by atoms with E-state index in [4.69, 9.17) is 4.98 Å². The zero-order valence-corrected chi connectivity index (χ0v) is 15.0. The third-order valence-corrected chi connectivity index (χ3v) is 5.45. The Hall–Kier alpha value is -2.23. The van der Waals surface area contributed by atoms with Crippen molar-refractivity contribution in [1.82, 2.24) is 9.97 Å². The number of fused-ring (bicyclic) bond motifs is 1. The predicted molar refractivity (Wildman–Crippen MR) is 99.0 cm³/mol. The molecule has 0 amide bonds. The Kier molecular flexibility index (Phi) is 4.28. The van der Waals surface area contributed by atoms with Crippen LogP contribution in [-0.2, 0) is 6.42 Å². The van der Waals surface area contributed by atoms with Crippen molar-refractivity contribution < 1.29 is 4.79 Å². The first kappa shape index (κ1) is 16.2. The number of rotatable bonds is 2. The highest BCUT2D eigenvalue weighted by atomic mass is 16.1. The summed E-state index contributed by atoms with van der Waals surface area (Å²) in [4.78, 5) is 24.2. The van der Waals surface area contributed by atoms with Crippen LogP contribution in [0.25, 0.3) is 0 Å². The monoisotopic (exact) mass is 335 g/mol. The first-order chi connectivity index (χ1) is 12.1. The minimum absolute atomic E-state index is 0.169. The Bertz CT molecular complexity index is 764. The summed E-state index contributed by atoms with van der Waals surface area (Å²) in [5.41, 5.74) is 2.86. The number of Topliss-reactive ketones (excluding diaryl/α,β-unsaturated/α-hetero) is 1. The molecule has 1 aromatic heterocycles. The molecule has 1 saturated heterocycles. The second-order valence-corrected chi connectivity index (χ2v) is 7.82. The first-order valence-electron chi connectivity index (χ1n) is 9.29. The fourth-order valence-electron chi connectivity index (χ4n) is 4.37. The molecule has 0 saturated carbocycles. The van der Waals surface area contributed by atoms with Gasteiger partial charge in [-0.05, 0) is 36.2 Å². The van der Waals surface area contributed by atoms with E-state index >= 15 is 0 Å². The Morgan fingerprint density at radius 3 is 2.48 bits per heavy atom. The minimum Gasteiger partial charge on any atom is -0.340 e. The van der Waals surface area contributed by atoms with Gasteiger partial charge in [0.2, 0.25) is 5.95 Å². The number of benzene rings is 1. The van der Waals surface area contributed by atoms with E-state index in [9.17, 15) is 4.79 Å². The highest BCUT2D eigenvalue weighted by Gasteiger charge is 2.30. The van der Waals surface area contributed by atoms with Crippen LogP contribution >= 0.6 is 0 Å². The minimum atomic E-state index is 0.169. The quantitative estimate of drug-likeness (QED) is 0.836. The van der Waals surface area contributed by atoms with E-state index in [2.05, 4.69) is 35.9 Å². The van der Waals surface area contributed by atoms with Crippen molar-refractivity contribution in [2.75, 3.05) is 18.0 Å². The highest BCUT2D eigenvalue weighted by molar-refractivity contribution is 5.98. The van der Waals surface area contributed by atoms with Gasteiger partial charge in [-0.15, -0.1) is 0 Å². The van der Waals surface area contributed by atoms with Gasteiger partial charge in [0.1, 0.15) is 0 Å². The van der Waals surface area contributed by atoms with Crippen LogP contribution in [0.15, 0.2) is 36.5 Å². The highest BCUT2D eigenvalue weighted by Crippen LogP contribution is 2.33. The Morgan fingerprint density at radius 2 is 1.76 bits per heavy atom. The summed E-state index contributed by atoms with van der Waals surface area (Å²) in [5.74, 6) is 2.49. The number of anilines is 1. The molecule has 0 N–H and O–H groups in total. The predicted octanol–water partition coefficient (Wildman–Crippen LogP) is 3.87. The van der Waals surface area contributed by atoms with Crippen molar-refractivity contribution in [3.8, 4) is 0 Å². The maximum Gasteiger partial charge on any atom is 0.225 e. The average molecular weight is 335 g/mol. The first-order valence-corrected chi connectivity index (χ1v) is 9.29. The van der Waals surface area contributed by atoms with Gasteiger partial charge < -0.3 is 4.90 Å². The molecule has 0 unspecified atom stereocenters. The maximum absolute atomic E-state index is 12.6. The van der Waals surface area contributed by atoms with Crippen LogP contribution in [0.5, 0.6) is 0 Å². The van der Waals surface area contributed by atoms with Crippen molar-refractivity contribution in [1.29, 1.82) is 0 Å². The molecule has 4 heteroatoms. The lowest BCUT2D eigenvalue weighted by molar-refractivity contribution is 0.0962. The van der Waals surface area contributed by atoms with Crippen LogP contribution < -0.4 is 4.90 Å². The molecule has 4 rings (SSSR count). The van der Waals surface area contributed by atoms with Crippen molar-refractivity contribution in [3.05, 3.63) is 53.3 Å². The molecule has 1 aromatic carbocycles. The number of hydrogen-bond donors (Lipinski definition) is 0. The molecule has 0 spiro atoms. The van der Waals surface area contributed by atoms with Gasteiger partial charge >= 0.3 is 0 Å². The molecule has 2 aliphatic rings. The number of aromatic nitrogens is 2. The number of carbonyl (C=O) groups excluding carboxylic acids is 1. The zero-order valence-electron chi connectivity index (χ0n) is 15.0. The maximum atomic E-state index is 12.6. The molecule has 3 atom stereocenters. The number of piperidine rings is 1. The molecule has 25 heavy (non-hydrogen) atoms. The summed E-state index contributed by atoms with van der Waals surface area (Å²) in [7, 11) is 0. The molecule has 2 aromatic rings. The van der Waals surface area contributed by atoms with E-state index in [0.717, 1.165) is 31.2 Å². The van der Waals surface area contributed by atoms with Gasteiger partial charge in [-0.2, -0.15) is 0 Å². The third kappa shape index (κ3) is 3.30. The van der Waals surface area contributed by atoms with Crippen LogP contribution in [0.1, 0.15) is 54.2 Å². The lowest BCUT2D eigenvalue weighted by atomic mass is 9.82. The summed E-state index contributed by atoms with van der Waals surface area (Å²) in [6, 6.07) is 10.3. The molecule has 0 bridgehead atoms. The molecule has 1 fully saturated rings. The summed E-state index contributed by atoms with van der Waals surface area (Å²) in [6.45, 7) is 6.57. The second kappa shape index (κ2) is 6.58. The number of carbonyl (C=O) groups is 1. The fraction of sp³-hybridized carbons (Fsp3) is 0.476. The van der Waals surface area contributed by atoms with E-state index in [-0.39, 0.29) is 11.7 Å². The van der Waals surface area contributed by atoms with Gasteiger partial charge in [0.25, 0.3) is 0 Å². The largest absolute Gasteiger partial charge is 0.340 e. The topological polar surface area (TPSA) is 46.1 Å². The summed E-state index contributed by atoms with van der Waals surface area (Å²) < 4.78 is 0. The molecule has 1 aliphatic heterocycles. The third-order valence-electron chi connectivity index (χ3n) is 5.45. The second-order valence-electron chi connectivity index (χ2n) is 7.82. The van der Waals surface area contributed by atoms with Gasteiger partial charge in [0.05, 0.1) is 11.3 Å². The SMILES string of the molecule is C[C@@H]1C[C@H](C)CN(c2ncc3c(n2)C[C@@H](c2ccccc2)CC3=O)C1. The van der Waals surface area contributed by atoms with E-state index in [1.807, 2.05) is 18.2 Å². The van der Waals surface area contributed by atoms with Gasteiger partial charge in [0.15, 0.2) is 5.78 Å². The van der Waals surface area contributed by atoms with E-state index in [0.29, 0.717) is 23.8 Å². The van der Waals surface area contributed by atoms with E-state index < -0.39 is 0 Å². The molecule has 2 heterocycles. The van der Waals surface area contributed by atoms with Gasteiger partial charge in [0, 0.05) is 25.7 Å². The van der Waals surface area contributed by atoms with Crippen LogP contribution in [0.2, 0.25) is 0 Å². The van der Waals surface area contributed by atoms with Crippen LogP contribution in [0.4, 0.5) is 5.95 Å². The van der Waals surface area contributed by atoms with Crippen molar-refractivity contribution in [2.24, 2.45) is 11.8 Å². The number of ketones is 1. The molecule has 130 valence electrons. The Morgan fingerprint density at radius 1 is 1.04 bits per heavy atom. The standard InChI is InChI=1S/C21H25N3O/c1-14-8-15(2)13-24(12-14)21-22-11-18-19(23-21)9-17(10-20(18)25)16-6-4-3-5-7-16/h3-7,11,14-15,17H,8-10,12-13H2,1-2H3/t14-,15+,17-/m1/s1. The lowest BCUT2D eigenvalue weighted by Gasteiger charge is -2.35. The Labute approximate surface area is 149 Å². The average Bonchev–Trinajstić information content (AvgIpc) is 2.61. The smallest absolute Gasteiger partial charge is 0.225 e. The number of hydrogen-bond acceptors (Lipinski definition) is 4. The van der Waals surface area contributed by atoms with E-state index in [1.54, 1.807) is 6.20 Å². The fourth-order valence-corrected chi connectivity index (χ4v) is 4.37. The summed E-state index contributed by atoms with van der Waals surface area (Å²) in [5, 5.41) is 0. The number of nitrogens with zero attached hydrogens (tertiary/aromatic N) is 3. The van der Waals surface area contributed by atoms with Crippen molar-refractivity contribution >= 4 is 11.7 Å². The lowest BCUT2D eigenvalue weighted by Crippen LogP contribution is -2.40. The molecule has 0 radical (unpaired) electrons. The van der Waals surface area contributed by atoms with Crippen LogP contribution in [0, 0.1) is 11.8 Å². The Balaban J connectivity index is 1.62. The van der Waals surface area contributed by atoms with Gasteiger partial charge in [-0.3, -0.25) is 4.79 Å². The normalized spacial score (nSPS) is 26.4. The van der Waals surface area contributed by atoms with Crippen LogP contribution in [-0.4, -0.2) is 28.8 Å². The molecule has 1 aliphatic carbocycles. The van der Waals surface area contributed by atoms with Crippen molar-refractivity contribution in [3.63, 3.8) is 0 Å². The molecular weight excluding hydrogens is 310 g/mol. The molecule has 4 nitrogen and oxygen atoms in total. The zero-order chi connectivity index (χ0) is 17.4. The van der Waals surface area contributed by atoms with Crippen LogP contribution in [0.3, 0.4) is 0 Å². The van der Waals surface area contributed by atoms with Gasteiger partial charge in [-0.1, -0.05) is 44.2 Å².